The van der Waals surface area contributed by atoms with Crippen LogP contribution in [0, 0.1) is 0 Å². The van der Waals surface area contributed by atoms with E-state index in [0.717, 1.165) is 10.7 Å². The summed E-state index contributed by atoms with van der Waals surface area (Å²) in [6, 6.07) is 0. The number of aromatic nitrogens is 2. The molecule has 1 N–H and O–H groups in total. The molecule has 0 aromatic carbocycles. The Hall–Kier alpha value is -0.940. The van der Waals surface area contributed by atoms with E-state index in [4.69, 9.17) is 0 Å². The van der Waals surface area contributed by atoms with E-state index in [1.165, 1.54) is 11.8 Å². The van der Waals surface area contributed by atoms with Gasteiger partial charge in [0.25, 0.3) is 0 Å². The Bertz CT molecular complexity index is 327. The molecule has 0 fully saturated rings. The molecule has 0 saturated carbocycles. The zero-order valence-corrected chi connectivity index (χ0v) is 7.90. The fourth-order valence-corrected chi connectivity index (χ4v) is 1.96. The first kappa shape index (κ1) is 8.65. The van der Waals surface area contributed by atoms with Crippen molar-refractivity contribution in [2.75, 3.05) is 0 Å². The van der Waals surface area contributed by atoms with Crippen LogP contribution in [-0.4, -0.2) is 31.6 Å². The minimum atomic E-state index is -0.609. The van der Waals surface area contributed by atoms with Gasteiger partial charge in [-0.1, -0.05) is 11.8 Å². The monoisotopic (exact) mass is 195 g/mol. The maximum atomic E-state index is 9.37. The summed E-state index contributed by atoms with van der Waals surface area (Å²) in [6.07, 6.45) is 4.27. The molecule has 68 valence electrons. The van der Waals surface area contributed by atoms with Crippen molar-refractivity contribution >= 4 is 16.8 Å². The van der Waals surface area contributed by atoms with Crippen molar-refractivity contribution in [2.45, 2.75) is 18.4 Å². The van der Waals surface area contributed by atoms with Crippen LogP contribution in [0.2, 0.25) is 0 Å². The van der Waals surface area contributed by atoms with Gasteiger partial charge < -0.3 is 5.11 Å². The Morgan fingerprint density at radius 1 is 1.46 bits per heavy atom. The number of hydrogen-bond donors (Lipinski definition) is 1. The Morgan fingerprint density at radius 2 is 2.31 bits per heavy atom. The van der Waals surface area contributed by atoms with E-state index in [1.807, 2.05) is 6.92 Å². The summed E-state index contributed by atoms with van der Waals surface area (Å²) in [5.41, 5.74) is 0.732. The Morgan fingerprint density at radius 3 is 2.85 bits per heavy atom. The van der Waals surface area contributed by atoms with Crippen LogP contribution in [-0.2, 0) is 0 Å². The predicted molar refractivity (Wildman–Crippen MR) is 51.6 cm³/mol. The van der Waals surface area contributed by atoms with Gasteiger partial charge in [0.1, 0.15) is 10.7 Å². The second-order valence-corrected chi connectivity index (χ2v) is 4.13. The van der Waals surface area contributed by atoms with Crippen molar-refractivity contribution in [2.24, 2.45) is 4.99 Å². The minimum absolute atomic E-state index is 0.108. The molecule has 0 bridgehead atoms. The Balaban J connectivity index is 2.25. The van der Waals surface area contributed by atoms with Gasteiger partial charge >= 0.3 is 0 Å². The number of nitrogens with zero attached hydrogens (tertiary/aromatic N) is 3. The van der Waals surface area contributed by atoms with E-state index in [2.05, 4.69) is 15.0 Å². The number of rotatable bonds is 1. The normalized spacial score (nSPS) is 27.4. The average Bonchev–Trinajstić information content (AvgIpc) is 2.49. The largest absolute Gasteiger partial charge is 0.371 e. The molecule has 2 rings (SSSR count). The summed E-state index contributed by atoms with van der Waals surface area (Å²) in [7, 11) is 0. The topological polar surface area (TPSA) is 58.4 Å². The van der Waals surface area contributed by atoms with Gasteiger partial charge in [-0.25, -0.2) is 4.99 Å². The van der Waals surface area contributed by atoms with E-state index < -0.39 is 6.23 Å². The molecule has 5 heteroatoms. The quantitative estimate of drug-likeness (QED) is 0.715. The Kier molecular flexibility index (Phi) is 2.28. The van der Waals surface area contributed by atoms with Crippen LogP contribution < -0.4 is 0 Å². The second-order valence-electron chi connectivity index (χ2n) is 2.76. The molecule has 1 aromatic rings. The second kappa shape index (κ2) is 3.43. The van der Waals surface area contributed by atoms with Gasteiger partial charge in [-0.15, -0.1) is 0 Å². The average molecular weight is 195 g/mol. The van der Waals surface area contributed by atoms with E-state index in [-0.39, 0.29) is 5.25 Å². The molecule has 0 amide bonds. The highest BCUT2D eigenvalue weighted by atomic mass is 32.2. The summed E-state index contributed by atoms with van der Waals surface area (Å²) in [4.78, 5) is 12.1. The summed E-state index contributed by atoms with van der Waals surface area (Å²) < 4.78 is 0. The number of aliphatic hydroxyl groups is 1. The molecule has 2 atom stereocenters. The maximum absolute atomic E-state index is 9.37. The molecular formula is C8H9N3OS. The third kappa shape index (κ3) is 1.71. The van der Waals surface area contributed by atoms with Crippen molar-refractivity contribution in [1.29, 1.82) is 0 Å². The van der Waals surface area contributed by atoms with Crippen LogP contribution in [0.1, 0.15) is 12.6 Å². The smallest absolute Gasteiger partial charge is 0.158 e. The number of thioether (sulfide) groups is 1. The fraction of sp³-hybridized carbons (Fsp3) is 0.375. The summed E-state index contributed by atoms with van der Waals surface area (Å²) in [5.74, 6) is 0. The van der Waals surface area contributed by atoms with Crippen LogP contribution >= 0.6 is 11.8 Å². The standard InChI is InChI=1S/C8H9N3OS/c1-5-7(12)11-8(13-5)6-4-9-2-3-10-6/h2-5,7,12H,1H3. The molecule has 0 radical (unpaired) electrons. The van der Waals surface area contributed by atoms with Gasteiger partial charge in [-0.05, 0) is 6.92 Å². The van der Waals surface area contributed by atoms with E-state index in [9.17, 15) is 5.11 Å². The van der Waals surface area contributed by atoms with Crippen molar-refractivity contribution in [3.05, 3.63) is 24.3 Å². The Labute approximate surface area is 80.1 Å². The van der Waals surface area contributed by atoms with Crippen molar-refractivity contribution in [3.63, 3.8) is 0 Å². The van der Waals surface area contributed by atoms with Crippen molar-refractivity contribution in [3.8, 4) is 0 Å². The molecule has 4 nitrogen and oxygen atoms in total. The lowest BCUT2D eigenvalue weighted by Gasteiger charge is -2.02. The van der Waals surface area contributed by atoms with Gasteiger partial charge in [-0.3, -0.25) is 9.97 Å². The van der Waals surface area contributed by atoms with Crippen molar-refractivity contribution < 1.29 is 5.11 Å². The van der Waals surface area contributed by atoms with Gasteiger partial charge in [0.2, 0.25) is 0 Å². The zero-order chi connectivity index (χ0) is 9.26. The van der Waals surface area contributed by atoms with Crippen LogP contribution in [0.5, 0.6) is 0 Å². The van der Waals surface area contributed by atoms with Gasteiger partial charge in [0, 0.05) is 12.4 Å². The SMILES string of the molecule is CC1SC(c2cnccn2)=NC1O. The lowest BCUT2D eigenvalue weighted by Crippen LogP contribution is -2.11. The minimum Gasteiger partial charge on any atom is -0.371 e. The van der Waals surface area contributed by atoms with Crippen LogP contribution in [0.4, 0.5) is 0 Å². The molecule has 0 spiro atoms. The van der Waals surface area contributed by atoms with Gasteiger partial charge in [0.15, 0.2) is 6.23 Å². The highest BCUT2D eigenvalue weighted by Crippen LogP contribution is 2.27. The van der Waals surface area contributed by atoms with E-state index in [1.54, 1.807) is 18.6 Å². The predicted octanol–water partition coefficient (Wildman–Crippen LogP) is 0.677. The summed E-state index contributed by atoms with van der Waals surface area (Å²) in [5, 5.41) is 10.3. The number of aliphatic imine (C=N–C) groups is 1. The molecular weight excluding hydrogens is 186 g/mol. The molecule has 1 aliphatic rings. The lowest BCUT2D eigenvalue weighted by atomic mass is 10.4. The molecule has 2 unspecified atom stereocenters. The highest BCUT2D eigenvalue weighted by molar-refractivity contribution is 8.15. The molecule has 0 aliphatic carbocycles. The van der Waals surface area contributed by atoms with E-state index >= 15 is 0 Å². The van der Waals surface area contributed by atoms with Crippen molar-refractivity contribution in [1.82, 2.24) is 9.97 Å². The third-order valence-corrected chi connectivity index (χ3v) is 2.90. The molecule has 13 heavy (non-hydrogen) atoms. The van der Waals surface area contributed by atoms with E-state index in [0.29, 0.717) is 0 Å². The number of aliphatic hydroxyl groups excluding tert-OH is 1. The van der Waals surface area contributed by atoms with Gasteiger partial charge in [0.05, 0.1) is 11.4 Å². The van der Waals surface area contributed by atoms with Crippen LogP contribution in [0.25, 0.3) is 0 Å². The molecule has 0 saturated heterocycles. The van der Waals surface area contributed by atoms with Gasteiger partial charge in [-0.2, -0.15) is 0 Å². The first-order valence-corrected chi connectivity index (χ1v) is 4.84. The zero-order valence-electron chi connectivity index (χ0n) is 7.08. The van der Waals surface area contributed by atoms with Crippen LogP contribution in [0.15, 0.2) is 23.6 Å². The first-order valence-electron chi connectivity index (χ1n) is 3.96. The summed E-state index contributed by atoms with van der Waals surface area (Å²) >= 11 is 1.52. The molecule has 1 aliphatic heterocycles. The number of hydrogen-bond acceptors (Lipinski definition) is 5. The van der Waals surface area contributed by atoms with Crippen LogP contribution in [0.3, 0.4) is 0 Å². The fourth-order valence-electron chi connectivity index (χ4n) is 1.03. The maximum Gasteiger partial charge on any atom is 0.158 e. The molecule has 2 heterocycles. The third-order valence-electron chi connectivity index (χ3n) is 1.75. The first-order chi connectivity index (χ1) is 6.27. The lowest BCUT2D eigenvalue weighted by molar-refractivity contribution is 0.189. The summed E-state index contributed by atoms with van der Waals surface area (Å²) in [6.45, 7) is 1.93. The molecule has 1 aromatic heterocycles. The highest BCUT2D eigenvalue weighted by Gasteiger charge is 2.25.